The van der Waals surface area contributed by atoms with E-state index in [2.05, 4.69) is 45.0 Å². The van der Waals surface area contributed by atoms with Crippen molar-refractivity contribution in [3.63, 3.8) is 0 Å². The van der Waals surface area contributed by atoms with Crippen LogP contribution in [-0.4, -0.2) is 38.5 Å². The number of nitrogens with zero attached hydrogens (tertiary/aromatic N) is 3. The molecule has 2 aromatic heterocycles. The van der Waals surface area contributed by atoms with E-state index in [9.17, 15) is 4.79 Å². The van der Waals surface area contributed by atoms with Crippen LogP contribution in [0, 0.1) is 5.92 Å². The van der Waals surface area contributed by atoms with E-state index in [-0.39, 0.29) is 5.91 Å². The molecule has 2 heterocycles. The molecule has 4 rings (SSSR count). The summed E-state index contributed by atoms with van der Waals surface area (Å²) in [7, 11) is 0. The molecule has 6 nitrogen and oxygen atoms in total. The fourth-order valence-corrected chi connectivity index (χ4v) is 4.82. The van der Waals surface area contributed by atoms with E-state index in [4.69, 9.17) is 0 Å². The van der Waals surface area contributed by atoms with Crippen LogP contribution in [0.1, 0.15) is 60.5 Å². The molecule has 0 radical (unpaired) electrons. The van der Waals surface area contributed by atoms with Crippen molar-refractivity contribution in [2.75, 3.05) is 12.8 Å². The third-order valence-electron chi connectivity index (χ3n) is 5.75. The SMILES string of the molecule is CSc1nnc(CCCNC(=O)c2ccc3[nH]c4c(c3c2)CCCC4)n1CC(C)C. The highest BCUT2D eigenvalue weighted by Gasteiger charge is 2.17. The van der Waals surface area contributed by atoms with Gasteiger partial charge in [0.2, 0.25) is 0 Å². The average Bonchev–Trinajstić information content (AvgIpc) is 3.30. The molecule has 0 fully saturated rings. The fraction of sp³-hybridized carbons (Fsp3) is 0.522. The van der Waals surface area contributed by atoms with E-state index in [0.717, 1.165) is 54.3 Å². The standard InChI is InChI=1S/C23H31N5OS/c1-15(2)14-28-21(26-27-23(28)30-3)9-6-12-24-22(29)16-10-11-20-18(13-16)17-7-4-5-8-19(17)25-20/h10-11,13,15,25H,4-9,12,14H2,1-3H3,(H,24,29). The third-order valence-corrected chi connectivity index (χ3v) is 6.41. The van der Waals surface area contributed by atoms with E-state index >= 15 is 0 Å². The van der Waals surface area contributed by atoms with Gasteiger partial charge in [-0.25, -0.2) is 0 Å². The normalized spacial score (nSPS) is 13.7. The van der Waals surface area contributed by atoms with Crippen molar-refractivity contribution in [2.45, 2.75) is 64.1 Å². The molecule has 1 amide bonds. The number of fused-ring (bicyclic) bond motifs is 3. The van der Waals surface area contributed by atoms with Crippen molar-refractivity contribution >= 4 is 28.6 Å². The van der Waals surface area contributed by atoms with Gasteiger partial charge in [0.05, 0.1) is 0 Å². The van der Waals surface area contributed by atoms with Crippen LogP contribution in [0.4, 0.5) is 0 Å². The molecule has 1 aliphatic carbocycles. The van der Waals surface area contributed by atoms with Crippen LogP contribution in [0.3, 0.4) is 0 Å². The number of hydrogen-bond donors (Lipinski definition) is 2. The van der Waals surface area contributed by atoms with Gasteiger partial charge in [-0.2, -0.15) is 0 Å². The van der Waals surface area contributed by atoms with Crippen LogP contribution < -0.4 is 5.32 Å². The summed E-state index contributed by atoms with van der Waals surface area (Å²) in [4.78, 5) is 16.2. The number of aromatic nitrogens is 4. The van der Waals surface area contributed by atoms with E-state index in [1.165, 1.54) is 29.5 Å². The van der Waals surface area contributed by atoms with Gasteiger partial charge in [-0.15, -0.1) is 10.2 Å². The molecule has 3 aromatic rings. The monoisotopic (exact) mass is 425 g/mol. The Morgan fingerprint density at radius 2 is 2.10 bits per heavy atom. The topological polar surface area (TPSA) is 75.6 Å². The Morgan fingerprint density at radius 1 is 1.27 bits per heavy atom. The summed E-state index contributed by atoms with van der Waals surface area (Å²) in [5, 5.41) is 13.9. The lowest BCUT2D eigenvalue weighted by Gasteiger charge is -2.12. The number of thioether (sulfide) groups is 1. The average molecular weight is 426 g/mol. The second kappa shape index (κ2) is 9.25. The number of H-pyrrole nitrogens is 1. The minimum Gasteiger partial charge on any atom is -0.358 e. The zero-order valence-corrected chi connectivity index (χ0v) is 18.9. The fourth-order valence-electron chi connectivity index (χ4n) is 4.30. The van der Waals surface area contributed by atoms with E-state index in [0.29, 0.717) is 12.5 Å². The maximum Gasteiger partial charge on any atom is 0.251 e. The summed E-state index contributed by atoms with van der Waals surface area (Å²) in [6.07, 6.45) is 8.39. The Balaban J connectivity index is 1.36. The number of carbonyl (C=O) groups excluding carboxylic acids is 1. The van der Waals surface area contributed by atoms with Crippen LogP contribution in [0.5, 0.6) is 0 Å². The Labute approximate surface area is 182 Å². The lowest BCUT2D eigenvalue weighted by Crippen LogP contribution is -2.25. The molecule has 0 unspecified atom stereocenters. The number of aromatic amines is 1. The highest BCUT2D eigenvalue weighted by Crippen LogP contribution is 2.29. The number of benzene rings is 1. The van der Waals surface area contributed by atoms with Crippen LogP contribution in [0.25, 0.3) is 10.9 Å². The maximum atomic E-state index is 12.7. The van der Waals surface area contributed by atoms with E-state index in [1.54, 1.807) is 11.8 Å². The summed E-state index contributed by atoms with van der Waals surface area (Å²) in [6, 6.07) is 6.01. The quantitative estimate of drug-likeness (QED) is 0.415. The molecule has 0 saturated heterocycles. The molecule has 160 valence electrons. The Kier molecular flexibility index (Phi) is 6.46. The molecule has 0 aliphatic heterocycles. The van der Waals surface area contributed by atoms with Crippen molar-refractivity contribution < 1.29 is 4.79 Å². The van der Waals surface area contributed by atoms with Crippen LogP contribution >= 0.6 is 11.8 Å². The zero-order valence-electron chi connectivity index (χ0n) is 18.1. The summed E-state index contributed by atoms with van der Waals surface area (Å²) < 4.78 is 2.21. The molecular formula is C23H31N5OS. The lowest BCUT2D eigenvalue weighted by atomic mass is 9.95. The molecule has 1 aliphatic rings. The summed E-state index contributed by atoms with van der Waals surface area (Å²) in [5.41, 5.74) is 4.64. The Hall–Kier alpha value is -2.28. The van der Waals surface area contributed by atoms with Gasteiger partial charge >= 0.3 is 0 Å². The van der Waals surface area contributed by atoms with Crippen molar-refractivity contribution in [1.29, 1.82) is 0 Å². The molecular weight excluding hydrogens is 394 g/mol. The van der Waals surface area contributed by atoms with Gasteiger partial charge in [0.1, 0.15) is 5.82 Å². The summed E-state index contributed by atoms with van der Waals surface area (Å²) in [6.45, 7) is 5.95. The molecule has 7 heteroatoms. The molecule has 0 saturated carbocycles. The second-order valence-corrected chi connectivity index (χ2v) is 9.29. The van der Waals surface area contributed by atoms with Crippen LogP contribution in [0.15, 0.2) is 23.4 Å². The number of aryl methyl sites for hydroxylation is 3. The van der Waals surface area contributed by atoms with Crippen LogP contribution in [0.2, 0.25) is 0 Å². The first-order valence-corrected chi connectivity index (χ1v) is 12.2. The van der Waals surface area contributed by atoms with Gasteiger partial charge in [-0.05, 0) is 68.0 Å². The van der Waals surface area contributed by atoms with E-state index < -0.39 is 0 Å². The van der Waals surface area contributed by atoms with Gasteiger partial charge in [-0.1, -0.05) is 25.6 Å². The number of rotatable bonds is 8. The maximum absolute atomic E-state index is 12.7. The lowest BCUT2D eigenvalue weighted by molar-refractivity contribution is 0.0953. The van der Waals surface area contributed by atoms with E-state index in [1.807, 2.05) is 18.4 Å². The first-order valence-electron chi connectivity index (χ1n) is 10.9. The van der Waals surface area contributed by atoms with Gasteiger partial charge in [0, 0.05) is 41.7 Å². The van der Waals surface area contributed by atoms with Crippen LogP contribution in [-0.2, 0) is 25.8 Å². The number of hydrogen-bond acceptors (Lipinski definition) is 4. The first-order chi connectivity index (χ1) is 14.6. The smallest absolute Gasteiger partial charge is 0.251 e. The van der Waals surface area contributed by atoms with Gasteiger partial charge < -0.3 is 14.9 Å². The van der Waals surface area contributed by atoms with Crippen molar-refractivity contribution in [2.24, 2.45) is 5.92 Å². The number of carbonyl (C=O) groups is 1. The molecule has 0 atom stereocenters. The van der Waals surface area contributed by atoms with Gasteiger partial charge in [0.25, 0.3) is 5.91 Å². The first kappa shape index (κ1) is 21.0. The molecule has 1 aromatic carbocycles. The highest BCUT2D eigenvalue weighted by molar-refractivity contribution is 7.98. The predicted octanol–water partition coefficient (Wildman–Crippen LogP) is 4.38. The highest BCUT2D eigenvalue weighted by atomic mass is 32.2. The molecule has 2 N–H and O–H groups in total. The molecule has 0 spiro atoms. The predicted molar refractivity (Wildman–Crippen MR) is 122 cm³/mol. The largest absolute Gasteiger partial charge is 0.358 e. The minimum atomic E-state index is -0.00360. The van der Waals surface area contributed by atoms with Gasteiger partial charge in [-0.3, -0.25) is 4.79 Å². The second-order valence-electron chi connectivity index (χ2n) is 8.52. The van der Waals surface area contributed by atoms with Crippen molar-refractivity contribution in [1.82, 2.24) is 25.1 Å². The Morgan fingerprint density at radius 3 is 2.90 bits per heavy atom. The molecule has 30 heavy (non-hydrogen) atoms. The number of amides is 1. The summed E-state index contributed by atoms with van der Waals surface area (Å²) >= 11 is 1.63. The van der Waals surface area contributed by atoms with Crippen molar-refractivity contribution in [3.05, 3.63) is 40.8 Å². The minimum absolute atomic E-state index is 0.00360. The molecule has 0 bridgehead atoms. The third kappa shape index (κ3) is 4.41. The summed E-state index contributed by atoms with van der Waals surface area (Å²) in [5.74, 6) is 1.54. The number of nitrogens with one attached hydrogen (secondary N) is 2. The van der Waals surface area contributed by atoms with Gasteiger partial charge in [0.15, 0.2) is 5.16 Å². The van der Waals surface area contributed by atoms with Crippen molar-refractivity contribution in [3.8, 4) is 0 Å². The Bertz CT molecular complexity index is 1040. The zero-order chi connectivity index (χ0) is 21.1.